The van der Waals surface area contributed by atoms with E-state index in [1.54, 1.807) is 6.26 Å². The van der Waals surface area contributed by atoms with Crippen molar-refractivity contribution in [1.82, 2.24) is 0 Å². The van der Waals surface area contributed by atoms with Crippen LogP contribution < -0.4 is 0 Å². The average Bonchev–Trinajstić information content (AvgIpc) is 1.38. The topological polar surface area (TPSA) is 17.1 Å². The molecule has 0 aliphatic carbocycles. The van der Waals surface area contributed by atoms with Crippen LogP contribution in [0.5, 0.6) is 0 Å². The molecule has 0 aliphatic heterocycles. The zero-order chi connectivity index (χ0) is 4.28. The van der Waals surface area contributed by atoms with Gasteiger partial charge in [-0.25, -0.2) is 4.21 Å². The van der Waals surface area contributed by atoms with E-state index >= 15 is 0 Å². The molecule has 0 amide bonds. The van der Waals surface area contributed by atoms with E-state index < -0.39 is 8.39 Å². The monoisotopic (exact) mass is 128 g/mol. The van der Waals surface area contributed by atoms with Gasteiger partial charge in [-0.2, -0.15) is 0 Å². The molecule has 1 atom stereocenters. The summed E-state index contributed by atoms with van der Waals surface area (Å²) >= 11 is 4.25. The van der Waals surface area contributed by atoms with Crippen molar-refractivity contribution in [3.8, 4) is 0 Å². The Kier molecular flexibility index (Phi) is 3.35. The minimum absolute atomic E-state index is 1.20. The van der Waals surface area contributed by atoms with Crippen LogP contribution in [0.25, 0.3) is 0 Å². The van der Waals surface area contributed by atoms with Crippen molar-refractivity contribution >= 4 is 30.4 Å². The standard InChI is InChI=1S/CH4OS3/c1-4-5(2)3/h5H,1H3. The molecule has 0 aromatic rings. The van der Waals surface area contributed by atoms with Gasteiger partial charge in [0.05, 0.1) is 8.39 Å². The summed E-state index contributed by atoms with van der Waals surface area (Å²) in [5, 5.41) is 0. The van der Waals surface area contributed by atoms with Crippen LogP contribution in [0.15, 0.2) is 0 Å². The third-order valence-corrected chi connectivity index (χ3v) is 2.68. The molecule has 0 aliphatic rings. The largest absolute Gasteiger partial charge is 0.249 e. The average molecular weight is 128 g/mol. The maximum atomic E-state index is 9.74. The van der Waals surface area contributed by atoms with Gasteiger partial charge in [0.25, 0.3) is 0 Å². The number of hydrogen-bond donors (Lipinski definition) is 1. The summed E-state index contributed by atoms with van der Waals surface area (Å²) in [7, 11) is -0.145. The summed E-state index contributed by atoms with van der Waals surface area (Å²) in [4.78, 5) is 0. The molecule has 0 N–H and O–H groups in total. The molecular formula is CH4OS3. The summed E-state index contributed by atoms with van der Waals surface area (Å²) in [6.07, 6.45) is 1.73. The molecule has 0 aromatic carbocycles. The predicted molar refractivity (Wildman–Crippen MR) is 30.4 cm³/mol. The van der Waals surface area contributed by atoms with Crippen molar-refractivity contribution < 1.29 is 4.21 Å². The van der Waals surface area contributed by atoms with Crippen LogP contribution in [0.1, 0.15) is 0 Å². The Hall–Kier alpha value is 0.720. The van der Waals surface area contributed by atoms with Crippen LogP contribution in [-0.4, -0.2) is 10.5 Å². The molecule has 0 spiro atoms. The van der Waals surface area contributed by atoms with Crippen molar-refractivity contribution in [1.29, 1.82) is 0 Å². The lowest BCUT2D eigenvalue weighted by Gasteiger charge is -1.64. The Morgan fingerprint density at radius 3 is 2.20 bits per heavy atom. The van der Waals surface area contributed by atoms with Gasteiger partial charge in [0, 0.05) is 0 Å². The van der Waals surface area contributed by atoms with Gasteiger partial charge < -0.3 is 0 Å². The lowest BCUT2D eigenvalue weighted by Crippen LogP contribution is -1.50. The van der Waals surface area contributed by atoms with Crippen LogP contribution in [0.2, 0.25) is 0 Å². The molecule has 0 aromatic heterocycles. The highest BCUT2D eigenvalue weighted by atomic mass is 33.3. The van der Waals surface area contributed by atoms with E-state index in [-0.39, 0.29) is 0 Å². The van der Waals surface area contributed by atoms with E-state index in [1.165, 1.54) is 10.8 Å². The minimum Gasteiger partial charge on any atom is -0.249 e. The summed E-state index contributed by atoms with van der Waals surface area (Å²) < 4.78 is 9.74. The highest BCUT2D eigenvalue weighted by Crippen LogP contribution is 1.86. The first-order valence-corrected chi connectivity index (χ1v) is 5.06. The van der Waals surface area contributed by atoms with Crippen LogP contribution in [0.3, 0.4) is 0 Å². The van der Waals surface area contributed by atoms with Gasteiger partial charge in [0.15, 0.2) is 0 Å². The van der Waals surface area contributed by atoms with Crippen molar-refractivity contribution in [3.63, 3.8) is 0 Å². The highest BCUT2D eigenvalue weighted by Gasteiger charge is 1.61. The zero-order valence-electron chi connectivity index (χ0n) is 2.67. The second kappa shape index (κ2) is 2.93. The maximum absolute atomic E-state index is 9.74. The van der Waals surface area contributed by atoms with E-state index in [9.17, 15) is 4.21 Å². The molecule has 0 fully saturated rings. The molecule has 5 heavy (non-hydrogen) atoms. The van der Waals surface area contributed by atoms with Gasteiger partial charge in [-0.3, -0.25) is 0 Å². The first-order valence-electron chi connectivity index (χ1n) is 0.956. The Bertz CT molecular complexity index is 65.0. The van der Waals surface area contributed by atoms with Gasteiger partial charge in [-0.15, -0.1) is 0 Å². The normalized spacial score (nSPS) is 14.6. The SMILES string of the molecule is CS[SH](=O)=S. The summed E-state index contributed by atoms with van der Waals surface area (Å²) in [6.45, 7) is 0. The van der Waals surface area contributed by atoms with E-state index in [0.717, 1.165) is 0 Å². The Morgan fingerprint density at radius 2 is 2.20 bits per heavy atom. The number of hydrogen-bond acceptors (Lipinski definition) is 3. The van der Waals surface area contributed by atoms with Gasteiger partial charge >= 0.3 is 0 Å². The zero-order valence-corrected chi connectivity index (χ0v) is 5.20. The Morgan fingerprint density at radius 1 is 2.00 bits per heavy atom. The van der Waals surface area contributed by atoms with E-state index in [0.29, 0.717) is 0 Å². The van der Waals surface area contributed by atoms with Crippen molar-refractivity contribution in [2.45, 2.75) is 0 Å². The minimum atomic E-state index is -1.35. The fraction of sp³-hybridized carbons (Fsp3) is 1.00. The lowest BCUT2D eigenvalue weighted by atomic mass is 12.0. The Labute approximate surface area is 41.2 Å². The fourth-order valence-corrected chi connectivity index (χ4v) is 0. The first kappa shape index (κ1) is 5.72. The van der Waals surface area contributed by atoms with Gasteiger partial charge in [0.2, 0.25) is 0 Å². The van der Waals surface area contributed by atoms with Crippen molar-refractivity contribution in [2.24, 2.45) is 0 Å². The molecule has 0 bridgehead atoms. The van der Waals surface area contributed by atoms with E-state index in [4.69, 9.17) is 0 Å². The fourth-order valence-electron chi connectivity index (χ4n) is 0. The molecule has 0 saturated heterocycles. The third-order valence-electron chi connectivity index (χ3n) is 0.149. The summed E-state index contributed by atoms with van der Waals surface area (Å²) in [5.41, 5.74) is 0. The number of rotatable bonds is 1. The molecule has 0 rings (SSSR count). The molecule has 0 saturated carbocycles. The number of thiol groups is 1. The quantitative estimate of drug-likeness (QED) is 0.402. The van der Waals surface area contributed by atoms with Crippen LogP contribution in [-0.2, 0) is 19.6 Å². The van der Waals surface area contributed by atoms with Gasteiger partial charge in [-0.1, -0.05) is 10.8 Å². The Balaban J connectivity index is 3.23. The predicted octanol–water partition coefficient (Wildman–Crippen LogP) is 0.207. The first-order chi connectivity index (χ1) is 2.27. The molecule has 1 unspecified atom stereocenters. The van der Waals surface area contributed by atoms with Crippen LogP contribution in [0.4, 0.5) is 0 Å². The lowest BCUT2D eigenvalue weighted by molar-refractivity contribution is 0.700. The molecule has 0 heterocycles. The van der Waals surface area contributed by atoms with E-state index in [1.807, 2.05) is 0 Å². The molecule has 4 heteroatoms. The van der Waals surface area contributed by atoms with E-state index in [2.05, 4.69) is 11.2 Å². The molecular weight excluding hydrogens is 124 g/mol. The second-order valence-corrected chi connectivity index (χ2v) is 5.00. The molecule has 1 nitrogen and oxygen atoms in total. The highest BCUT2D eigenvalue weighted by molar-refractivity contribution is 8.77. The smallest absolute Gasteiger partial charge is 0.0707 e. The van der Waals surface area contributed by atoms with Gasteiger partial charge in [-0.05, 0) is 17.4 Å². The molecule has 0 radical (unpaired) electrons. The molecule has 32 valence electrons. The van der Waals surface area contributed by atoms with Gasteiger partial charge in [0.1, 0.15) is 0 Å². The third kappa shape index (κ3) is 4.72. The summed E-state index contributed by atoms with van der Waals surface area (Å²) in [5.74, 6) is 0. The van der Waals surface area contributed by atoms with Crippen molar-refractivity contribution in [2.75, 3.05) is 6.26 Å². The van der Waals surface area contributed by atoms with Crippen LogP contribution in [0, 0.1) is 0 Å². The van der Waals surface area contributed by atoms with Crippen LogP contribution >= 0.6 is 10.8 Å². The maximum Gasteiger partial charge on any atom is 0.0707 e. The second-order valence-electron chi connectivity index (χ2n) is 0.406. The summed E-state index contributed by atoms with van der Waals surface area (Å²) in [6, 6.07) is 0. The van der Waals surface area contributed by atoms with Crippen molar-refractivity contribution in [3.05, 3.63) is 0 Å².